The minimum atomic E-state index is 0.230. The van der Waals surface area contributed by atoms with Crippen molar-refractivity contribution in [2.24, 2.45) is 4.99 Å². The first kappa shape index (κ1) is 19.6. The summed E-state index contributed by atoms with van der Waals surface area (Å²) in [5, 5.41) is 15.7. The van der Waals surface area contributed by atoms with Crippen molar-refractivity contribution >= 4 is 5.96 Å². The standard InChI is InChI=1S/C20H35N7O/c1-2-21-19(22-15-18-25-24-17-7-6-10-27(17)18)23-16-20(8-4-3-5-9-20)26-11-13-28-14-12-26/h2-16H2,1H3,(H2,21,22,23). The number of fused-ring (bicyclic) bond motifs is 1. The predicted octanol–water partition coefficient (Wildman–Crippen LogP) is 1.31. The number of aliphatic imine (C=N–C) groups is 1. The van der Waals surface area contributed by atoms with Gasteiger partial charge in [0.2, 0.25) is 0 Å². The summed E-state index contributed by atoms with van der Waals surface area (Å²) >= 11 is 0. The lowest BCUT2D eigenvalue weighted by molar-refractivity contribution is -0.0352. The zero-order valence-electron chi connectivity index (χ0n) is 17.3. The van der Waals surface area contributed by atoms with Crippen LogP contribution < -0.4 is 10.6 Å². The van der Waals surface area contributed by atoms with E-state index in [9.17, 15) is 0 Å². The SMILES string of the molecule is CCNC(=NCc1nnc2n1CCC2)NCC1(N2CCOCC2)CCCCC1. The molecule has 4 rings (SSSR count). The summed E-state index contributed by atoms with van der Waals surface area (Å²) in [6, 6.07) is 0. The lowest BCUT2D eigenvalue weighted by atomic mass is 9.80. The summed E-state index contributed by atoms with van der Waals surface area (Å²) < 4.78 is 7.83. The fourth-order valence-corrected chi connectivity index (χ4v) is 4.92. The van der Waals surface area contributed by atoms with Gasteiger partial charge < -0.3 is 19.9 Å². The molecule has 0 aromatic carbocycles. The topological polar surface area (TPSA) is 79.6 Å². The van der Waals surface area contributed by atoms with E-state index in [1.807, 2.05) is 0 Å². The van der Waals surface area contributed by atoms with Crippen molar-refractivity contribution in [3.63, 3.8) is 0 Å². The Balaban J connectivity index is 1.42. The van der Waals surface area contributed by atoms with E-state index in [1.54, 1.807) is 0 Å². The van der Waals surface area contributed by atoms with Crippen LogP contribution in [0.15, 0.2) is 4.99 Å². The number of aromatic nitrogens is 3. The average Bonchev–Trinajstić information content (AvgIpc) is 3.36. The molecule has 0 bridgehead atoms. The molecule has 0 atom stereocenters. The summed E-state index contributed by atoms with van der Waals surface area (Å²) in [6.07, 6.45) is 8.72. The highest BCUT2D eigenvalue weighted by Crippen LogP contribution is 2.33. The van der Waals surface area contributed by atoms with Crippen LogP contribution in [0.2, 0.25) is 0 Å². The third-order valence-corrected chi connectivity index (χ3v) is 6.46. The van der Waals surface area contributed by atoms with Gasteiger partial charge in [-0.3, -0.25) is 4.90 Å². The molecule has 0 spiro atoms. The zero-order chi connectivity index (χ0) is 19.2. The van der Waals surface area contributed by atoms with Gasteiger partial charge in [0.1, 0.15) is 12.4 Å². The molecule has 0 radical (unpaired) electrons. The Morgan fingerprint density at radius 2 is 1.89 bits per heavy atom. The fraction of sp³-hybridized carbons (Fsp3) is 0.850. The molecule has 3 heterocycles. The van der Waals surface area contributed by atoms with Gasteiger partial charge in [0.25, 0.3) is 0 Å². The third kappa shape index (κ3) is 4.33. The molecule has 1 aromatic heterocycles. The number of rotatable bonds is 6. The quantitative estimate of drug-likeness (QED) is 0.564. The van der Waals surface area contributed by atoms with Crippen LogP contribution in [0.5, 0.6) is 0 Å². The number of morpholine rings is 1. The zero-order valence-corrected chi connectivity index (χ0v) is 17.3. The second-order valence-electron chi connectivity index (χ2n) is 8.22. The van der Waals surface area contributed by atoms with Gasteiger partial charge in [-0.05, 0) is 26.2 Å². The van der Waals surface area contributed by atoms with Crippen molar-refractivity contribution in [2.45, 2.75) is 70.5 Å². The first-order valence-electron chi connectivity index (χ1n) is 11.1. The Morgan fingerprint density at radius 1 is 1.07 bits per heavy atom. The molecule has 1 aromatic rings. The van der Waals surface area contributed by atoms with E-state index in [2.05, 4.69) is 37.2 Å². The van der Waals surface area contributed by atoms with Crippen LogP contribution in [0, 0.1) is 0 Å². The highest BCUT2D eigenvalue weighted by Gasteiger charge is 2.38. The van der Waals surface area contributed by atoms with E-state index in [-0.39, 0.29) is 5.54 Å². The molecule has 2 fully saturated rings. The monoisotopic (exact) mass is 389 g/mol. The van der Waals surface area contributed by atoms with E-state index in [1.165, 1.54) is 38.5 Å². The molecular weight excluding hydrogens is 354 g/mol. The van der Waals surface area contributed by atoms with Crippen molar-refractivity contribution in [3.8, 4) is 0 Å². The maximum atomic E-state index is 5.60. The largest absolute Gasteiger partial charge is 0.379 e. The second-order valence-corrected chi connectivity index (χ2v) is 8.22. The maximum absolute atomic E-state index is 5.60. The molecule has 2 aliphatic heterocycles. The van der Waals surface area contributed by atoms with Crippen molar-refractivity contribution in [1.29, 1.82) is 0 Å². The van der Waals surface area contributed by atoms with Crippen LogP contribution in [0.3, 0.4) is 0 Å². The van der Waals surface area contributed by atoms with E-state index in [0.717, 1.165) is 70.0 Å². The first-order chi connectivity index (χ1) is 13.8. The van der Waals surface area contributed by atoms with Gasteiger partial charge in [0.05, 0.1) is 13.2 Å². The average molecular weight is 390 g/mol. The summed E-state index contributed by atoms with van der Waals surface area (Å²) in [6.45, 7) is 9.31. The van der Waals surface area contributed by atoms with Crippen LogP contribution in [0.1, 0.15) is 57.1 Å². The van der Waals surface area contributed by atoms with Crippen molar-refractivity contribution in [3.05, 3.63) is 11.6 Å². The lowest BCUT2D eigenvalue weighted by Crippen LogP contribution is -2.60. The van der Waals surface area contributed by atoms with Crippen molar-refractivity contribution in [2.75, 3.05) is 39.4 Å². The van der Waals surface area contributed by atoms with E-state index >= 15 is 0 Å². The Labute approximate surface area is 168 Å². The summed E-state index contributed by atoms with van der Waals surface area (Å²) in [5.41, 5.74) is 0.230. The molecule has 8 heteroatoms. The molecule has 1 saturated heterocycles. The van der Waals surface area contributed by atoms with Crippen molar-refractivity contribution in [1.82, 2.24) is 30.3 Å². The third-order valence-electron chi connectivity index (χ3n) is 6.46. The van der Waals surface area contributed by atoms with Gasteiger partial charge in [0.15, 0.2) is 11.8 Å². The Morgan fingerprint density at radius 3 is 2.68 bits per heavy atom. The molecule has 1 saturated carbocycles. The molecule has 0 amide bonds. The van der Waals surface area contributed by atoms with Gasteiger partial charge in [-0.2, -0.15) is 0 Å². The molecule has 156 valence electrons. The van der Waals surface area contributed by atoms with Gasteiger partial charge in [-0.1, -0.05) is 19.3 Å². The Hall–Kier alpha value is -1.67. The minimum Gasteiger partial charge on any atom is -0.379 e. The van der Waals surface area contributed by atoms with Gasteiger partial charge in [-0.25, -0.2) is 4.99 Å². The smallest absolute Gasteiger partial charge is 0.191 e. The molecular formula is C20H35N7O. The molecule has 8 nitrogen and oxygen atoms in total. The number of nitrogens with one attached hydrogen (secondary N) is 2. The number of guanidine groups is 1. The van der Waals surface area contributed by atoms with Crippen LogP contribution in [0.25, 0.3) is 0 Å². The number of hydrogen-bond donors (Lipinski definition) is 2. The van der Waals surface area contributed by atoms with Gasteiger partial charge in [-0.15, -0.1) is 10.2 Å². The molecule has 3 aliphatic rings. The highest BCUT2D eigenvalue weighted by molar-refractivity contribution is 5.79. The number of ether oxygens (including phenoxy) is 1. The molecule has 1 aliphatic carbocycles. The summed E-state index contributed by atoms with van der Waals surface area (Å²) in [7, 11) is 0. The molecule has 28 heavy (non-hydrogen) atoms. The van der Waals surface area contributed by atoms with Crippen LogP contribution >= 0.6 is 0 Å². The van der Waals surface area contributed by atoms with Crippen LogP contribution in [-0.4, -0.2) is 70.6 Å². The molecule has 0 unspecified atom stereocenters. The van der Waals surface area contributed by atoms with Gasteiger partial charge >= 0.3 is 0 Å². The van der Waals surface area contributed by atoms with Crippen LogP contribution in [-0.2, 0) is 24.2 Å². The van der Waals surface area contributed by atoms with E-state index in [0.29, 0.717) is 6.54 Å². The second kappa shape index (κ2) is 9.22. The molecule has 2 N–H and O–H groups in total. The predicted molar refractivity (Wildman–Crippen MR) is 109 cm³/mol. The minimum absolute atomic E-state index is 0.230. The fourth-order valence-electron chi connectivity index (χ4n) is 4.92. The first-order valence-corrected chi connectivity index (χ1v) is 11.1. The van der Waals surface area contributed by atoms with Crippen LogP contribution in [0.4, 0.5) is 0 Å². The lowest BCUT2D eigenvalue weighted by Gasteiger charge is -2.48. The van der Waals surface area contributed by atoms with Crippen molar-refractivity contribution < 1.29 is 4.74 Å². The van der Waals surface area contributed by atoms with Gasteiger partial charge in [0, 0.05) is 44.7 Å². The number of nitrogens with zero attached hydrogens (tertiary/aromatic N) is 5. The Bertz CT molecular complexity index is 660. The van der Waals surface area contributed by atoms with E-state index in [4.69, 9.17) is 9.73 Å². The van der Waals surface area contributed by atoms with E-state index < -0.39 is 0 Å². The highest BCUT2D eigenvalue weighted by atomic mass is 16.5. The number of hydrogen-bond acceptors (Lipinski definition) is 5. The Kier molecular flexibility index (Phi) is 6.47. The summed E-state index contributed by atoms with van der Waals surface area (Å²) in [5.74, 6) is 2.97. The normalized spacial score (nSPS) is 22.8. The number of aryl methyl sites for hydroxylation is 1. The maximum Gasteiger partial charge on any atom is 0.191 e. The summed E-state index contributed by atoms with van der Waals surface area (Å²) in [4.78, 5) is 7.49.